The largest absolute Gasteiger partial charge is 0.488 e. The van der Waals surface area contributed by atoms with E-state index in [1.165, 1.54) is 11.8 Å². The zero-order valence-corrected chi connectivity index (χ0v) is 23.7. The smallest absolute Gasteiger partial charge is 0.307 e. The summed E-state index contributed by atoms with van der Waals surface area (Å²) in [6.45, 7) is 2.85. The molecule has 1 N–H and O–H groups in total. The van der Waals surface area contributed by atoms with Crippen molar-refractivity contribution in [3.8, 4) is 5.75 Å². The van der Waals surface area contributed by atoms with Crippen molar-refractivity contribution in [2.75, 3.05) is 26.2 Å². The van der Waals surface area contributed by atoms with Crippen molar-refractivity contribution >= 4 is 29.6 Å². The Morgan fingerprint density at radius 3 is 2.24 bits per heavy atom. The predicted octanol–water partition coefficient (Wildman–Crippen LogP) is 3.30. The van der Waals surface area contributed by atoms with Crippen molar-refractivity contribution in [1.29, 1.82) is 0 Å². The fraction of sp³-hybridized carbons (Fsp3) is 0.469. The summed E-state index contributed by atoms with van der Waals surface area (Å²) < 4.78 is 6.48. The second-order valence-electron chi connectivity index (χ2n) is 11.7. The Labute approximate surface area is 244 Å². The molecule has 6 rings (SSSR count). The predicted molar refractivity (Wildman–Crippen MR) is 151 cm³/mol. The van der Waals surface area contributed by atoms with Crippen LogP contribution < -0.4 is 4.74 Å². The van der Waals surface area contributed by atoms with Crippen LogP contribution in [0.25, 0.3) is 0 Å². The molecule has 4 amide bonds. The van der Waals surface area contributed by atoms with Crippen LogP contribution in [0, 0.1) is 11.8 Å². The van der Waals surface area contributed by atoms with E-state index in [9.17, 15) is 29.1 Å². The lowest BCUT2D eigenvalue weighted by Crippen LogP contribution is -2.50. The van der Waals surface area contributed by atoms with E-state index < -0.39 is 35.7 Å². The van der Waals surface area contributed by atoms with Crippen LogP contribution >= 0.6 is 0 Å². The lowest BCUT2D eigenvalue weighted by molar-refractivity contribution is -0.153. The van der Waals surface area contributed by atoms with Crippen molar-refractivity contribution in [2.24, 2.45) is 11.8 Å². The maximum Gasteiger partial charge on any atom is 0.307 e. The molecule has 2 fully saturated rings. The molecule has 1 saturated carbocycles. The first-order valence-corrected chi connectivity index (χ1v) is 14.8. The van der Waals surface area contributed by atoms with Gasteiger partial charge < -0.3 is 19.6 Å². The number of nitrogens with zero attached hydrogens (tertiary/aromatic N) is 3. The van der Waals surface area contributed by atoms with E-state index in [1.54, 1.807) is 34.1 Å². The van der Waals surface area contributed by atoms with Crippen molar-refractivity contribution in [1.82, 2.24) is 14.7 Å². The van der Waals surface area contributed by atoms with Crippen LogP contribution in [0.2, 0.25) is 0 Å². The van der Waals surface area contributed by atoms with Crippen molar-refractivity contribution in [2.45, 2.75) is 57.6 Å². The van der Waals surface area contributed by atoms with E-state index in [2.05, 4.69) is 0 Å². The van der Waals surface area contributed by atoms with Crippen LogP contribution in [0.15, 0.2) is 42.5 Å². The average Bonchev–Trinajstić information content (AvgIpc) is 3.56. The fourth-order valence-corrected chi connectivity index (χ4v) is 7.10. The third-order valence-electron chi connectivity index (χ3n) is 9.29. The summed E-state index contributed by atoms with van der Waals surface area (Å²) in [5.41, 5.74) is 2.35. The first-order valence-electron chi connectivity index (χ1n) is 14.8. The molecule has 220 valence electrons. The monoisotopic (exact) mass is 573 g/mol. The highest BCUT2D eigenvalue weighted by Crippen LogP contribution is 2.42. The van der Waals surface area contributed by atoms with Gasteiger partial charge in [-0.3, -0.25) is 28.9 Å². The van der Waals surface area contributed by atoms with Crippen LogP contribution in [-0.4, -0.2) is 81.7 Å². The van der Waals surface area contributed by atoms with Gasteiger partial charge >= 0.3 is 5.97 Å². The van der Waals surface area contributed by atoms with Crippen LogP contribution in [0.3, 0.4) is 0 Å². The van der Waals surface area contributed by atoms with Gasteiger partial charge in [0, 0.05) is 32.0 Å². The van der Waals surface area contributed by atoms with Gasteiger partial charge in [0.05, 0.1) is 42.1 Å². The van der Waals surface area contributed by atoms with Gasteiger partial charge in [-0.15, -0.1) is 0 Å². The fourth-order valence-electron chi connectivity index (χ4n) is 7.10. The molecule has 0 spiro atoms. The van der Waals surface area contributed by atoms with E-state index in [0.717, 1.165) is 24.0 Å². The Bertz CT molecular complexity index is 1420. The Kier molecular flexibility index (Phi) is 7.47. The van der Waals surface area contributed by atoms with Gasteiger partial charge in [0.1, 0.15) is 11.9 Å². The van der Waals surface area contributed by atoms with Gasteiger partial charge in [-0.05, 0) is 43.0 Å². The lowest BCUT2D eigenvalue weighted by atomic mass is 9.77. The number of fused-ring (bicyclic) bond motifs is 2. The zero-order chi connectivity index (χ0) is 29.5. The summed E-state index contributed by atoms with van der Waals surface area (Å²) in [7, 11) is 0. The van der Waals surface area contributed by atoms with Gasteiger partial charge in [0.25, 0.3) is 11.8 Å². The molecule has 10 nitrogen and oxygen atoms in total. The molecule has 2 aromatic rings. The SMILES string of the molecule is CC(=O)N1CCC(Oc2cccc3c2[C@@H](CN2C(=O)c4ccccc4C2=O)N(C(=O)C2CCCCC2C(=O)O)CC3)C1. The van der Waals surface area contributed by atoms with Gasteiger partial charge in [-0.2, -0.15) is 0 Å². The molecule has 42 heavy (non-hydrogen) atoms. The van der Waals surface area contributed by atoms with E-state index in [-0.39, 0.29) is 24.5 Å². The second kappa shape index (κ2) is 11.2. The number of amides is 4. The molecule has 3 unspecified atom stereocenters. The van der Waals surface area contributed by atoms with E-state index in [4.69, 9.17) is 4.74 Å². The molecule has 1 saturated heterocycles. The van der Waals surface area contributed by atoms with Crippen molar-refractivity contribution in [3.05, 3.63) is 64.7 Å². The number of ether oxygens (including phenoxy) is 1. The Balaban J connectivity index is 1.37. The Morgan fingerprint density at radius 1 is 0.905 bits per heavy atom. The minimum atomic E-state index is -0.970. The molecule has 0 radical (unpaired) electrons. The second-order valence-corrected chi connectivity index (χ2v) is 11.7. The number of rotatable bonds is 6. The van der Waals surface area contributed by atoms with Crippen LogP contribution in [0.5, 0.6) is 5.75 Å². The van der Waals surface area contributed by atoms with Crippen LogP contribution in [0.1, 0.15) is 76.9 Å². The average molecular weight is 574 g/mol. The minimum absolute atomic E-state index is 0.0167. The number of carbonyl (C=O) groups excluding carboxylic acids is 4. The number of carbonyl (C=O) groups is 5. The number of imide groups is 1. The molecule has 1 aliphatic carbocycles. The number of hydrogen-bond donors (Lipinski definition) is 1. The first-order chi connectivity index (χ1) is 20.2. The lowest BCUT2D eigenvalue weighted by Gasteiger charge is -2.42. The van der Waals surface area contributed by atoms with Gasteiger partial charge in [-0.1, -0.05) is 37.1 Å². The van der Waals surface area contributed by atoms with Crippen LogP contribution in [0.4, 0.5) is 0 Å². The molecular weight excluding hydrogens is 538 g/mol. The maximum absolute atomic E-state index is 14.2. The summed E-state index contributed by atoms with van der Waals surface area (Å²) in [6.07, 6.45) is 3.43. The summed E-state index contributed by atoms with van der Waals surface area (Å²) in [6, 6.07) is 11.7. The van der Waals surface area contributed by atoms with Crippen molar-refractivity contribution < 1.29 is 33.8 Å². The van der Waals surface area contributed by atoms with Gasteiger partial charge in [0.2, 0.25) is 11.8 Å². The first kappa shape index (κ1) is 27.9. The number of carboxylic acid groups (broad SMARTS) is 1. The highest BCUT2D eigenvalue weighted by Gasteiger charge is 2.45. The molecule has 3 aliphatic heterocycles. The molecule has 4 atom stereocenters. The summed E-state index contributed by atoms with van der Waals surface area (Å²) >= 11 is 0. The van der Waals surface area contributed by atoms with Crippen LogP contribution in [-0.2, 0) is 20.8 Å². The Hall–Kier alpha value is -4.21. The number of likely N-dealkylation sites (tertiary alicyclic amines) is 1. The summed E-state index contributed by atoms with van der Waals surface area (Å²) in [4.78, 5) is 69.7. The Morgan fingerprint density at radius 2 is 1.60 bits per heavy atom. The maximum atomic E-state index is 14.2. The number of benzene rings is 2. The molecule has 0 bridgehead atoms. The zero-order valence-electron chi connectivity index (χ0n) is 23.7. The summed E-state index contributed by atoms with van der Waals surface area (Å²) in [5, 5.41) is 9.93. The standard InChI is InChI=1S/C32H35N3O7/c1-19(36)33-15-14-21(17-33)42-27-12-6-7-20-13-16-34(29(37)24-10-4-5-11-25(24)32(40)41)26(28(20)27)18-35-30(38)22-8-2-3-9-23(22)31(35)39/h2-3,6-9,12,21,24-26H,4-5,10-11,13-18H2,1H3,(H,40,41)/t21?,24?,25?,26-/m1/s1. The highest BCUT2D eigenvalue weighted by atomic mass is 16.5. The third kappa shape index (κ3) is 4.92. The molecule has 2 aromatic carbocycles. The molecule has 4 aliphatic rings. The quantitative estimate of drug-likeness (QED) is 0.526. The summed E-state index contributed by atoms with van der Waals surface area (Å²) in [5.74, 6) is -2.96. The minimum Gasteiger partial charge on any atom is -0.488 e. The van der Waals surface area contributed by atoms with E-state index in [1.807, 2.05) is 18.2 Å². The number of hydrogen-bond acceptors (Lipinski definition) is 6. The van der Waals surface area contributed by atoms with Gasteiger partial charge in [0.15, 0.2) is 0 Å². The molecule has 3 heterocycles. The topological polar surface area (TPSA) is 125 Å². The van der Waals surface area contributed by atoms with E-state index >= 15 is 0 Å². The third-order valence-corrected chi connectivity index (χ3v) is 9.29. The number of carboxylic acids is 1. The van der Waals surface area contributed by atoms with Gasteiger partial charge in [-0.25, -0.2) is 0 Å². The molecule has 0 aromatic heterocycles. The van der Waals surface area contributed by atoms with Crippen molar-refractivity contribution in [3.63, 3.8) is 0 Å². The number of aliphatic carboxylic acids is 1. The normalized spacial score (nSPS) is 25.3. The van der Waals surface area contributed by atoms with E-state index in [0.29, 0.717) is 62.2 Å². The molecular formula is C32H35N3O7. The molecule has 10 heteroatoms. The highest BCUT2D eigenvalue weighted by molar-refractivity contribution is 6.21.